The van der Waals surface area contributed by atoms with Crippen molar-refractivity contribution in [1.29, 1.82) is 0 Å². The lowest BCUT2D eigenvalue weighted by Gasteiger charge is -2.36. The molecular formula is C15H30N2O3S. The maximum atomic E-state index is 12.0. The zero-order valence-corrected chi connectivity index (χ0v) is 14.2. The molecule has 0 amide bonds. The Balaban J connectivity index is 1.72. The van der Waals surface area contributed by atoms with Crippen LogP contribution in [0.15, 0.2) is 0 Å². The highest BCUT2D eigenvalue weighted by atomic mass is 32.2. The number of hydrogen-bond acceptors (Lipinski definition) is 4. The van der Waals surface area contributed by atoms with Gasteiger partial charge in [0.1, 0.15) is 0 Å². The van der Waals surface area contributed by atoms with Crippen molar-refractivity contribution in [1.82, 2.24) is 9.62 Å². The minimum Gasteiger partial charge on any atom is -0.381 e. The second kappa shape index (κ2) is 7.90. The summed E-state index contributed by atoms with van der Waals surface area (Å²) >= 11 is 0. The first-order valence-corrected chi connectivity index (χ1v) is 9.92. The first kappa shape index (κ1) is 17.2. The van der Waals surface area contributed by atoms with Crippen molar-refractivity contribution in [2.45, 2.75) is 70.1 Å². The lowest BCUT2D eigenvalue weighted by molar-refractivity contribution is 0.0601. The van der Waals surface area contributed by atoms with Crippen molar-refractivity contribution in [2.75, 3.05) is 26.0 Å². The lowest BCUT2D eigenvalue weighted by atomic mass is 9.91. The Morgan fingerprint density at radius 1 is 1.05 bits per heavy atom. The van der Waals surface area contributed by atoms with Gasteiger partial charge in [-0.1, -0.05) is 6.92 Å². The van der Waals surface area contributed by atoms with E-state index >= 15 is 0 Å². The van der Waals surface area contributed by atoms with Crippen molar-refractivity contribution in [3.05, 3.63) is 0 Å². The van der Waals surface area contributed by atoms with E-state index in [1.54, 1.807) is 11.4 Å². The standard InChI is InChI=1S/C15H30N2O3S/c1-3-12-21(18,19)17-10-8-14(9-11-17)16-13-4-6-15(20-2)7-5-13/h13-16H,3-12H2,1-2H3. The van der Waals surface area contributed by atoms with Gasteiger partial charge < -0.3 is 10.1 Å². The Labute approximate surface area is 129 Å². The Kier molecular flexibility index (Phi) is 6.47. The predicted octanol–water partition coefficient (Wildman–Crippen LogP) is 1.74. The first-order valence-electron chi connectivity index (χ1n) is 8.31. The second-order valence-corrected chi connectivity index (χ2v) is 8.45. The van der Waals surface area contributed by atoms with Crippen LogP contribution >= 0.6 is 0 Å². The van der Waals surface area contributed by atoms with Crippen LogP contribution in [0.3, 0.4) is 0 Å². The van der Waals surface area contributed by atoms with Gasteiger partial charge in [-0.15, -0.1) is 0 Å². The molecule has 1 saturated carbocycles. The molecule has 1 N–H and O–H groups in total. The molecule has 2 rings (SSSR count). The molecule has 0 aromatic carbocycles. The number of methoxy groups -OCH3 is 1. The molecule has 1 heterocycles. The van der Waals surface area contributed by atoms with Crippen LogP contribution in [0, 0.1) is 0 Å². The van der Waals surface area contributed by atoms with Crippen LogP contribution in [0.1, 0.15) is 51.9 Å². The summed E-state index contributed by atoms with van der Waals surface area (Å²) in [7, 11) is -1.22. The Morgan fingerprint density at radius 3 is 2.14 bits per heavy atom. The van der Waals surface area contributed by atoms with Crippen molar-refractivity contribution < 1.29 is 13.2 Å². The quantitative estimate of drug-likeness (QED) is 0.810. The van der Waals surface area contributed by atoms with Gasteiger partial charge in [-0.25, -0.2) is 12.7 Å². The van der Waals surface area contributed by atoms with Crippen LogP contribution in [0.25, 0.3) is 0 Å². The molecule has 6 heteroatoms. The third kappa shape index (κ3) is 4.91. The largest absolute Gasteiger partial charge is 0.381 e. The summed E-state index contributed by atoms with van der Waals surface area (Å²) in [5, 5.41) is 3.73. The molecule has 1 saturated heterocycles. The van der Waals surface area contributed by atoms with E-state index in [2.05, 4.69) is 5.32 Å². The molecule has 1 aliphatic heterocycles. The fourth-order valence-corrected chi connectivity index (χ4v) is 5.03. The van der Waals surface area contributed by atoms with E-state index < -0.39 is 10.0 Å². The molecule has 0 bridgehead atoms. The van der Waals surface area contributed by atoms with E-state index in [9.17, 15) is 8.42 Å². The van der Waals surface area contributed by atoms with Gasteiger partial charge in [-0.2, -0.15) is 0 Å². The molecule has 0 atom stereocenters. The third-order valence-corrected chi connectivity index (χ3v) is 6.86. The van der Waals surface area contributed by atoms with Gasteiger partial charge in [-0.3, -0.25) is 0 Å². The Morgan fingerprint density at radius 2 is 1.62 bits per heavy atom. The fraction of sp³-hybridized carbons (Fsp3) is 1.00. The van der Waals surface area contributed by atoms with Crippen LogP contribution in [0.4, 0.5) is 0 Å². The number of hydrogen-bond donors (Lipinski definition) is 1. The number of piperidine rings is 1. The molecule has 1 aliphatic carbocycles. The van der Waals surface area contributed by atoms with E-state index in [1.165, 1.54) is 12.8 Å². The summed E-state index contributed by atoms with van der Waals surface area (Å²) in [6.07, 6.45) is 7.63. The fourth-order valence-electron chi connectivity index (χ4n) is 3.49. The van der Waals surface area contributed by atoms with Gasteiger partial charge in [0.2, 0.25) is 10.0 Å². The van der Waals surface area contributed by atoms with Crippen LogP contribution in [-0.2, 0) is 14.8 Å². The lowest BCUT2D eigenvalue weighted by Crippen LogP contribution is -2.49. The van der Waals surface area contributed by atoms with Gasteiger partial charge >= 0.3 is 0 Å². The SMILES string of the molecule is CCCS(=O)(=O)N1CCC(NC2CCC(OC)CC2)CC1. The normalized spacial score (nSPS) is 29.6. The number of sulfonamides is 1. The topological polar surface area (TPSA) is 58.6 Å². The number of nitrogens with zero attached hydrogens (tertiary/aromatic N) is 1. The molecule has 0 spiro atoms. The van der Waals surface area contributed by atoms with Gasteiger partial charge in [0.15, 0.2) is 0 Å². The van der Waals surface area contributed by atoms with Gasteiger partial charge in [0.25, 0.3) is 0 Å². The average molecular weight is 318 g/mol. The number of ether oxygens (including phenoxy) is 1. The van der Waals surface area contributed by atoms with Crippen LogP contribution in [0.2, 0.25) is 0 Å². The van der Waals surface area contributed by atoms with Crippen molar-refractivity contribution in [3.63, 3.8) is 0 Å². The average Bonchev–Trinajstić information content (AvgIpc) is 2.48. The second-order valence-electron chi connectivity index (χ2n) is 6.37. The first-order chi connectivity index (χ1) is 10.0. The highest BCUT2D eigenvalue weighted by Gasteiger charge is 2.29. The zero-order chi connectivity index (χ0) is 15.3. The van der Waals surface area contributed by atoms with E-state index in [4.69, 9.17) is 4.74 Å². The summed E-state index contributed by atoms with van der Waals surface area (Å²) in [5.41, 5.74) is 0. The van der Waals surface area contributed by atoms with Crippen LogP contribution in [-0.4, -0.2) is 56.9 Å². The maximum absolute atomic E-state index is 12.0. The van der Waals surface area contributed by atoms with Crippen molar-refractivity contribution in [3.8, 4) is 0 Å². The Bertz CT molecular complexity index is 397. The summed E-state index contributed by atoms with van der Waals surface area (Å²) in [4.78, 5) is 0. The number of rotatable bonds is 6. The van der Waals surface area contributed by atoms with Gasteiger partial charge in [0.05, 0.1) is 11.9 Å². The smallest absolute Gasteiger partial charge is 0.214 e. The molecule has 0 unspecified atom stereocenters. The van der Waals surface area contributed by atoms with E-state index in [0.29, 0.717) is 37.7 Å². The molecule has 0 radical (unpaired) electrons. The highest BCUT2D eigenvalue weighted by molar-refractivity contribution is 7.89. The summed E-state index contributed by atoms with van der Waals surface area (Å²) in [6, 6.07) is 1.06. The van der Waals surface area contributed by atoms with Gasteiger partial charge in [-0.05, 0) is 44.9 Å². The summed E-state index contributed by atoms with van der Waals surface area (Å²) in [6.45, 7) is 3.27. The molecule has 21 heavy (non-hydrogen) atoms. The number of nitrogens with one attached hydrogen (secondary N) is 1. The molecule has 0 aromatic heterocycles. The van der Waals surface area contributed by atoms with Gasteiger partial charge in [0, 0.05) is 32.3 Å². The maximum Gasteiger partial charge on any atom is 0.214 e. The highest BCUT2D eigenvalue weighted by Crippen LogP contribution is 2.23. The molecular weight excluding hydrogens is 288 g/mol. The minimum atomic E-state index is -3.01. The van der Waals surface area contributed by atoms with Crippen LogP contribution < -0.4 is 5.32 Å². The Hall–Kier alpha value is -0.170. The van der Waals surface area contributed by atoms with E-state index in [1.807, 2.05) is 6.92 Å². The summed E-state index contributed by atoms with van der Waals surface area (Å²) < 4.78 is 31.2. The van der Waals surface area contributed by atoms with Crippen molar-refractivity contribution >= 4 is 10.0 Å². The third-order valence-electron chi connectivity index (χ3n) is 4.79. The minimum absolute atomic E-state index is 0.284. The van der Waals surface area contributed by atoms with Crippen LogP contribution in [0.5, 0.6) is 0 Å². The molecule has 2 aliphatic rings. The molecule has 5 nitrogen and oxygen atoms in total. The van der Waals surface area contributed by atoms with Crippen molar-refractivity contribution in [2.24, 2.45) is 0 Å². The predicted molar refractivity (Wildman–Crippen MR) is 84.9 cm³/mol. The zero-order valence-electron chi connectivity index (χ0n) is 13.4. The van der Waals surface area contributed by atoms with E-state index in [0.717, 1.165) is 25.7 Å². The molecule has 2 fully saturated rings. The summed E-state index contributed by atoms with van der Waals surface area (Å²) in [5.74, 6) is 0.284. The van der Waals surface area contributed by atoms with E-state index in [-0.39, 0.29) is 5.75 Å². The monoisotopic (exact) mass is 318 g/mol. The molecule has 0 aromatic rings. The molecule has 124 valence electrons.